The lowest BCUT2D eigenvalue weighted by atomic mass is 9.79. The molecule has 87 heavy (non-hydrogen) atoms. The summed E-state index contributed by atoms with van der Waals surface area (Å²) >= 11 is 0. The van der Waals surface area contributed by atoms with Crippen molar-refractivity contribution in [3.8, 4) is 101 Å². The van der Waals surface area contributed by atoms with Gasteiger partial charge in [-0.2, -0.15) is 0 Å². The molecule has 0 unspecified atom stereocenters. The van der Waals surface area contributed by atoms with E-state index in [1.165, 1.54) is 0 Å². The Morgan fingerprint density at radius 1 is 0.230 bits per heavy atom. The van der Waals surface area contributed by atoms with Crippen LogP contribution in [0, 0.1) is 0 Å². The average Bonchev–Trinajstić information content (AvgIpc) is 1.80. The van der Waals surface area contributed by atoms with Crippen LogP contribution in [0.3, 0.4) is 0 Å². The van der Waals surface area contributed by atoms with Gasteiger partial charge in [-0.05, 0) is 186 Å². The lowest BCUT2D eigenvalue weighted by Gasteiger charge is -2.32. The van der Waals surface area contributed by atoms with Gasteiger partial charge in [0.1, 0.15) is 0 Å². The maximum absolute atomic E-state index is 6.35. The second kappa shape index (κ2) is 22.0. The second-order valence-corrected chi connectivity index (χ2v) is 26.4. The van der Waals surface area contributed by atoms with E-state index in [9.17, 15) is 0 Å². The van der Waals surface area contributed by atoms with Crippen molar-refractivity contribution in [1.29, 1.82) is 0 Å². The van der Waals surface area contributed by atoms with Gasteiger partial charge in [0.25, 0.3) is 0 Å². The van der Waals surface area contributed by atoms with Crippen LogP contribution in [0.25, 0.3) is 101 Å². The highest BCUT2D eigenvalue weighted by atomic mass is 16.7. The van der Waals surface area contributed by atoms with Crippen LogP contribution < -0.4 is 16.4 Å². The van der Waals surface area contributed by atoms with E-state index in [0.29, 0.717) is 0 Å². The first-order valence-corrected chi connectivity index (χ1v) is 30.2. The normalized spacial score (nSPS) is 17.9. The average molecular weight is 1140 g/mol. The Hall–Kier alpha value is -8.06. The molecule has 7 aromatic carbocycles. The number of hydrogen-bond acceptors (Lipinski definition) is 9. The summed E-state index contributed by atoms with van der Waals surface area (Å²) in [5.41, 5.74) is 18.8. The summed E-state index contributed by atoms with van der Waals surface area (Å²) < 4.78 is 38.1. The Labute approximate surface area is 514 Å². The van der Waals surface area contributed by atoms with Crippen molar-refractivity contribution in [3.63, 3.8) is 0 Å². The summed E-state index contributed by atoms with van der Waals surface area (Å²) in [7, 11) is -1.29. The van der Waals surface area contributed by atoms with E-state index in [0.717, 1.165) is 117 Å². The van der Waals surface area contributed by atoms with Gasteiger partial charge in [-0.1, -0.05) is 164 Å². The molecule has 3 aromatic heterocycles. The molecule has 0 amide bonds. The molecule has 3 aliphatic heterocycles. The fourth-order valence-electron chi connectivity index (χ4n) is 11.6. The minimum absolute atomic E-state index is 0.417. The summed E-state index contributed by atoms with van der Waals surface area (Å²) in [4.78, 5) is 15.2. The highest BCUT2D eigenvalue weighted by Gasteiger charge is 2.54. The fraction of sp³-hybridized carbons (Fsp3) is 0.240. The fourth-order valence-corrected chi connectivity index (χ4v) is 11.6. The van der Waals surface area contributed by atoms with Gasteiger partial charge < -0.3 is 27.9 Å². The largest absolute Gasteiger partial charge is 0.494 e. The third kappa shape index (κ3) is 11.0. The number of nitrogens with zero attached hydrogens (tertiary/aromatic N) is 3. The van der Waals surface area contributed by atoms with Crippen LogP contribution >= 0.6 is 0 Å². The smallest absolute Gasteiger partial charge is 0.399 e. The highest BCUT2D eigenvalue weighted by molar-refractivity contribution is 6.63. The van der Waals surface area contributed by atoms with Crippen LogP contribution in [0.2, 0.25) is 0 Å². The molecule has 3 fully saturated rings. The Morgan fingerprint density at radius 3 is 0.621 bits per heavy atom. The van der Waals surface area contributed by atoms with E-state index < -0.39 is 55.0 Å². The van der Waals surface area contributed by atoms with Gasteiger partial charge in [-0.15, -0.1) is 0 Å². The van der Waals surface area contributed by atoms with E-state index >= 15 is 0 Å². The van der Waals surface area contributed by atoms with E-state index in [1.807, 2.05) is 18.6 Å². The van der Waals surface area contributed by atoms with Crippen molar-refractivity contribution >= 4 is 37.7 Å². The molecule has 13 rings (SSSR count). The molecule has 3 aliphatic rings. The van der Waals surface area contributed by atoms with E-state index in [2.05, 4.69) is 283 Å². The molecule has 0 atom stereocenters. The van der Waals surface area contributed by atoms with Gasteiger partial charge in [-0.25, -0.2) is 0 Å². The van der Waals surface area contributed by atoms with E-state index in [1.54, 1.807) is 0 Å². The molecule has 0 bridgehead atoms. The Bertz CT molecular complexity index is 3680. The second-order valence-electron chi connectivity index (χ2n) is 26.4. The standard InChI is InChI=1S/C75H72B3N3O6/c1-70(2)71(3,4)83-76(82-70)58-34-25-49(26-35-58)67-40-31-52(46-79-67)61-19-13-16-22-64(61)55-43-56(65-23-17-14-20-62(65)53-32-41-68(80-47-53)50-27-36-59(37-28-50)77-84-72(5,6)73(7,8)85-77)45-57(44-55)66-24-18-15-21-63(66)54-33-42-69(81-48-54)51-29-38-60(39-30-51)78-86-74(9,10)75(11,12)87-78/h13-48H,1-12H3. The number of rotatable bonds is 12. The first-order chi connectivity index (χ1) is 41.5. The SMILES string of the molecule is CC1(C)OB(c2ccc(-c3ccc(-c4ccccc4-c4cc(-c5ccccc5-c5ccc(-c6ccc(B7OC(C)(C)C(C)(C)O7)cc6)nc5)cc(-c5ccccc5-c5ccc(-c6ccc(B7OC(C)(C)C(C)(C)O7)cc6)nc5)c4)cn3)cc2)OC1(C)C. The maximum atomic E-state index is 6.35. The molecule has 0 aliphatic carbocycles. The van der Waals surface area contributed by atoms with Crippen molar-refractivity contribution < 1.29 is 27.9 Å². The van der Waals surface area contributed by atoms with Gasteiger partial charge in [0.2, 0.25) is 0 Å². The monoisotopic (exact) mass is 1140 g/mol. The molecule has 12 heteroatoms. The highest BCUT2D eigenvalue weighted by Crippen LogP contribution is 2.44. The van der Waals surface area contributed by atoms with Crippen LogP contribution in [0.4, 0.5) is 0 Å². The maximum Gasteiger partial charge on any atom is 0.494 e. The zero-order valence-corrected chi connectivity index (χ0v) is 51.8. The minimum Gasteiger partial charge on any atom is -0.399 e. The molecular formula is C75H72B3N3O6. The topological polar surface area (TPSA) is 94.1 Å². The molecule has 3 saturated heterocycles. The molecule has 0 N–H and O–H groups in total. The Morgan fingerprint density at radius 2 is 0.425 bits per heavy atom. The third-order valence-corrected chi connectivity index (χ3v) is 19.1. The molecule has 0 saturated carbocycles. The van der Waals surface area contributed by atoms with Crippen LogP contribution in [0.1, 0.15) is 83.1 Å². The number of aromatic nitrogens is 3. The van der Waals surface area contributed by atoms with Crippen molar-refractivity contribution in [2.75, 3.05) is 0 Å². The third-order valence-electron chi connectivity index (χ3n) is 19.1. The predicted molar refractivity (Wildman–Crippen MR) is 356 cm³/mol. The lowest BCUT2D eigenvalue weighted by molar-refractivity contribution is 0.00578. The summed E-state index contributed by atoms with van der Waals surface area (Å²) in [6.45, 7) is 24.9. The summed E-state index contributed by atoms with van der Waals surface area (Å²) in [6, 6.07) is 70.7. The summed E-state index contributed by atoms with van der Waals surface area (Å²) in [6.07, 6.45) is 5.96. The molecule has 0 radical (unpaired) electrons. The Balaban J connectivity index is 0.844. The molecular weight excluding hydrogens is 1070 g/mol. The van der Waals surface area contributed by atoms with Crippen LogP contribution in [0.5, 0.6) is 0 Å². The van der Waals surface area contributed by atoms with Crippen LogP contribution in [-0.2, 0) is 27.9 Å². The van der Waals surface area contributed by atoms with Gasteiger partial charge >= 0.3 is 21.4 Å². The number of pyridine rings is 3. The van der Waals surface area contributed by atoms with Gasteiger partial charge in [0.05, 0.1) is 50.7 Å². The quantitative estimate of drug-likeness (QED) is 0.111. The van der Waals surface area contributed by atoms with Crippen LogP contribution in [0.15, 0.2) is 219 Å². The molecule has 0 spiro atoms. The van der Waals surface area contributed by atoms with Gasteiger partial charge in [0.15, 0.2) is 0 Å². The number of benzene rings is 7. The van der Waals surface area contributed by atoms with Crippen molar-refractivity contribution in [1.82, 2.24) is 15.0 Å². The first kappa shape index (κ1) is 58.0. The van der Waals surface area contributed by atoms with Crippen molar-refractivity contribution in [2.45, 2.75) is 117 Å². The Kier molecular flexibility index (Phi) is 14.6. The lowest BCUT2D eigenvalue weighted by Crippen LogP contribution is -2.41. The number of hydrogen-bond donors (Lipinski definition) is 0. The van der Waals surface area contributed by atoms with E-state index in [-0.39, 0.29) is 0 Å². The zero-order chi connectivity index (χ0) is 60.7. The van der Waals surface area contributed by atoms with Crippen molar-refractivity contribution in [2.24, 2.45) is 0 Å². The van der Waals surface area contributed by atoms with Crippen molar-refractivity contribution in [3.05, 3.63) is 219 Å². The first-order valence-electron chi connectivity index (χ1n) is 30.2. The zero-order valence-electron chi connectivity index (χ0n) is 51.8. The summed E-state index contributed by atoms with van der Waals surface area (Å²) in [5.74, 6) is 0. The van der Waals surface area contributed by atoms with E-state index in [4.69, 9.17) is 42.9 Å². The molecule has 6 heterocycles. The predicted octanol–water partition coefficient (Wildman–Crippen LogP) is 15.8. The van der Waals surface area contributed by atoms with Crippen LogP contribution in [-0.4, -0.2) is 69.9 Å². The molecule has 10 aromatic rings. The van der Waals surface area contributed by atoms with Gasteiger partial charge in [-0.3, -0.25) is 15.0 Å². The van der Waals surface area contributed by atoms with Gasteiger partial charge in [0, 0.05) is 52.0 Å². The minimum atomic E-state index is -0.431. The summed E-state index contributed by atoms with van der Waals surface area (Å²) in [5, 5.41) is 0. The molecule has 9 nitrogen and oxygen atoms in total. The molecule has 432 valence electrons.